The third kappa shape index (κ3) is 2.10. The van der Waals surface area contributed by atoms with Crippen molar-refractivity contribution in [2.75, 3.05) is 0 Å². The molecular formula is C13H11NO3. The van der Waals surface area contributed by atoms with Gasteiger partial charge in [-0.3, -0.25) is 9.36 Å². The molecule has 0 aliphatic carbocycles. The summed E-state index contributed by atoms with van der Waals surface area (Å²) in [5.74, 6) is -1.21. The van der Waals surface area contributed by atoms with Crippen LogP contribution >= 0.6 is 0 Å². The summed E-state index contributed by atoms with van der Waals surface area (Å²) in [7, 11) is 0. The third-order valence-corrected chi connectivity index (χ3v) is 2.49. The van der Waals surface area contributed by atoms with Gasteiger partial charge in [0.25, 0.3) is 5.56 Å². The molecule has 2 rings (SSSR count). The number of carboxylic acid groups (broad SMARTS) is 1. The fraction of sp³-hybridized carbons (Fsp3) is 0.0769. The summed E-state index contributed by atoms with van der Waals surface area (Å²) in [6, 6.07) is 10.1. The zero-order valence-corrected chi connectivity index (χ0v) is 9.25. The highest BCUT2D eigenvalue weighted by atomic mass is 16.4. The first-order chi connectivity index (χ1) is 8.09. The van der Waals surface area contributed by atoms with Gasteiger partial charge in [-0.2, -0.15) is 0 Å². The molecule has 17 heavy (non-hydrogen) atoms. The van der Waals surface area contributed by atoms with Crippen molar-refractivity contribution in [2.24, 2.45) is 0 Å². The molecule has 0 unspecified atom stereocenters. The van der Waals surface area contributed by atoms with Crippen molar-refractivity contribution in [3.8, 4) is 5.69 Å². The first kappa shape index (κ1) is 11.1. The molecule has 1 aromatic heterocycles. The largest absolute Gasteiger partial charge is 0.477 e. The average Bonchev–Trinajstić information content (AvgIpc) is 2.30. The van der Waals surface area contributed by atoms with E-state index in [0.717, 1.165) is 5.56 Å². The third-order valence-electron chi connectivity index (χ3n) is 2.49. The predicted octanol–water partition coefficient (Wildman–Crippen LogP) is 1.84. The maximum atomic E-state index is 11.9. The molecule has 1 N–H and O–H groups in total. The second-order valence-corrected chi connectivity index (χ2v) is 3.74. The fourth-order valence-corrected chi connectivity index (χ4v) is 1.57. The molecule has 0 saturated heterocycles. The number of rotatable bonds is 2. The molecule has 0 atom stereocenters. The predicted molar refractivity (Wildman–Crippen MR) is 63.7 cm³/mol. The number of hydrogen-bond acceptors (Lipinski definition) is 2. The molecule has 1 aromatic carbocycles. The van der Waals surface area contributed by atoms with Crippen molar-refractivity contribution in [2.45, 2.75) is 6.92 Å². The van der Waals surface area contributed by atoms with Gasteiger partial charge in [0.1, 0.15) is 5.56 Å². The lowest BCUT2D eigenvalue weighted by Gasteiger charge is -2.06. The minimum atomic E-state index is -1.21. The molecule has 0 radical (unpaired) electrons. The number of hydrogen-bond donors (Lipinski definition) is 1. The smallest absolute Gasteiger partial charge is 0.341 e. The summed E-state index contributed by atoms with van der Waals surface area (Å²) in [5, 5.41) is 8.87. The monoisotopic (exact) mass is 229 g/mol. The van der Waals surface area contributed by atoms with Gasteiger partial charge < -0.3 is 5.11 Å². The minimum absolute atomic E-state index is 0.229. The Hall–Kier alpha value is -2.36. The zero-order valence-electron chi connectivity index (χ0n) is 9.25. The summed E-state index contributed by atoms with van der Waals surface area (Å²) in [5.41, 5.74) is 0.983. The Morgan fingerprint density at radius 1 is 1.18 bits per heavy atom. The topological polar surface area (TPSA) is 59.3 Å². The Morgan fingerprint density at radius 2 is 1.82 bits per heavy atom. The van der Waals surface area contributed by atoms with Crippen LogP contribution < -0.4 is 5.56 Å². The molecule has 0 fully saturated rings. The first-order valence-electron chi connectivity index (χ1n) is 5.11. The van der Waals surface area contributed by atoms with Crippen LogP contribution in [0.15, 0.2) is 47.4 Å². The van der Waals surface area contributed by atoms with Gasteiger partial charge in [-0.05, 0) is 31.2 Å². The van der Waals surface area contributed by atoms with E-state index in [2.05, 4.69) is 0 Å². The van der Waals surface area contributed by atoms with Crippen LogP contribution in [0.25, 0.3) is 5.69 Å². The van der Waals surface area contributed by atoms with Gasteiger partial charge in [-0.1, -0.05) is 17.7 Å². The maximum absolute atomic E-state index is 11.9. The van der Waals surface area contributed by atoms with E-state index in [4.69, 9.17) is 5.11 Å². The number of aromatic carboxylic acids is 1. The SMILES string of the molecule is Cc1ccc(-n2cccc(C(=O)O)c2=O)cc1. The summed E-state index contributed by atoms with van der Waals surface area (Å²) in [4.78, 5) is 22.7. The lowest BCUT2D eigenvalue weighted by Crippen LogP contribution is -2.24. The van der Waals surface area contributed by atoms with Crippen molar-refractivity contribution in [1.29, 1.82) is 0 Å². The van der Waals surface area contributed by atoms with Crippen LogP contribution in [-0.4, -0.2) is 15.6 Å². The van der Waals surface area contributed by atoms with Crippen molar-refractivity contribution in [3.05, 3.63) is 64.1 Å². The minimum Gasteiger partial charge on any atom is -0.477 e. The van der Waals surface area contributed by atoms with E-state index in [-0.39, 0.29) is 5.56 Å². The fourth-order valence-electron chi connectivity index (χ4n) is 1.57. The molecule has 0 amide bonds. The van der Waals surface area contributed by atoms with Gasteiger partial charge in [-0.15, -0.1) is 0 Å². The van der Waals surface area contributed by atoms with E-state index >= 15 is 0 Å². The Labute approximate surface area is 97.8 Å². The van der Waals surface area contributed by atoms with Crippen LogP contribution in [0, 0.1) is 6.92 Å². The average molecular weight is 229 g/mol. The molecule has 0 aliphatic rings. The number of aromatic nitrogens is 1. The van der Waals surface area contributed by atoms with E-state index in [1.807, 2.05) is 19.1 Å². The summed E-state index contributed by atoms with van der Waals surface area (Å²) >= 11 is 0. The molecule has 2 aromatic rings. The van der Waals surface area contributed by atoms with E-state index in [1.165, 1.54) is 10.6 Å². The Bertz CT molecular complexity index is 611. The quantitative estimate of drug-likeness (QED) is 0.854. The van der Waals surface area contributed by atoms with Gasteiger partial charge in [0.2, 0.25) is 0 Å². The van der Waals surface area contributed by atoms with E-state index < -0.39 is 11.5 Å². The molecule has 0 bridgehead atoms. The van der Waals surface area contributed by atoms with Crippen LogP contribution in [0.1, 0.15) is 15.9 Å². The second kappa shape index (κ2) is 4.25. The normalized spacial score (nSPS) is 10.2. The molecule has 1 heterocycles. The van der Waals surface area contributed by atoms with Crippen LogP contribution in [-0.2, 0) is 0 Å². The van der Waals surface area contributed by atoms with Gasteiger partial charge in [0, 0.05) is 11.9 Å². The molecule has 0 saturated carbocycles. The lowest BCUT2D eigenvalue weighted by molar-refractivity contribution is 0.0694. The molecular weight excluding hydrogens is 218 g/mol. The van der Waals surface area contributed by atoms with Crippen LogP contribution in [0.4, 0.5) is 0 Å². The van der Waals surface area contributed by atoms with Crippen molar-refractivity contribution in [1.82, 2.24) is 4.57 Å². The number of nitrogens with zero attached hydrogens (tertiary/aromatic N) is 1. The number of pyridine rings is 1. The van der Waals surface area contributed by atoms with Crippen molar-refractivity contribution in [3.63, 3.8) is 0 Å². The molecule has 0 aliphatic heterocycles. The molecule has 4 nitrogen and oxygen atoms in total. The summed E-state index contributed by atoms with van der Waals surface area (Å²) < 4.78 is 1.32. The van der Waals surface area contributed by atoms with Gasteiger partial charge >= 0.3 is 5.97 Å². The lowest BCUT2D eigenvalue weighted by atomic mass is 10.2. The van der Waals surface area contributed by atoms with Crippen molar-refractivity contribution >= 4 is 5.97 Å². The van der Waals surface area contributed by atoms with Crippen molar-refractivity contribution < 1.29 is 9.90 Å². The standard InChI is InChI=1S/C13H11NO3/c1-9-4-6-10(7-5-9)14-8-2-3-11(12(14)15)13(16)17/h2-8H,1H3,(H,16,17). The highest BCUT2D eigenvalue weighted by Gasteiger charge is 2.10. The molecule has 4 heteroatoms. The van der Waals surface area contributed by atoms with E-state index in [0.29, 0.717) is 5.69 Å². The van der Waals surface area contributed by atoms with Gasteiger partial charge in [-0.25, -0.2) is 4.79 Å². The summed E-state index contributed by atoms with van der Waals surface area (Å²) in [6.07, 6.45) is 1.56. The number of aryl methyl sites for hydroxylation is 1. The van der Waals surface area contributed by atoms with Gasteiger partial charge in [0.15, 0.2) is 0 Å². The highest BCUT2D eigenvalue weighted by Crippen LogP contribution is 2.07. The first-order valence-corrected chi connectivity index (χ1v) is 5.11. The summed E-state index contributed by atoms with van der Waals surface area (Å²) in [6.45, 7) is 1.94. The Kier molecular flexibility index (Phi) is 2.78. The maximum Gasteiger partial charge on any atom is 0.341 e. The molecule has 0 spiro atoms. The number of carboxylic acids is 1. The van der Waals surface area contributed by atoms with E-state index in [1.54, 1.807) is 24.4 Å². The number of benzene rings is 1. The number of carbonyl (C=O) groups is 1. The van der Waals surface area contributed by atoms with Crippen LogP contribution in [0.2, 0.25) is 0 Å². The van der Waals surface area contributed by atoms with Crippen LogP contribution in [0.5, 0.6) is 0 Å². The van der Waals surface area contributed by atoms with Crippen LogP contribution in [0.3, 0.4) is 0 Å². The zero-order chi connectivity index (χ0) is 12.4. The Balaban J connectivity index is 2.61. The second-order valence-electron chi connectivity index (χ2n) is 3.74. The van der Waals surface area contributed by atoms with E-state index in [9.17, 15) is 9.59 Å². The Morgan fingerprint density at radius 3 is 2.41 bits per heavy atom. The molecule has 86 valence electrons. The highest BCUT2D eigenvalue weighted by molar-refractivity contribution is 5.87. The van der Waals surface area contributed by atoms with Gasteiger partial charge in [0.05, 0.1) is 0 Å².